The molecule has 1 aliphatic carbocycles. The molecule has 0 amide bonds. The molecule has 1 aliphatic heterocycles. The maximum Gasteiger partial charge on any atom is 0.303 e. The van der Waals surface area contributed by atoms with Crippen LogP contribution < -0.4 is 0 Å². The summed E-state index contributed by atoms with van der Waals surface area (Å²) in [6.45, 7) is 0.652. The van der Waals surface area contributed by atoms with E-state index in [-0.39, 0.29) is 12.5 Å². The van der Waals surface area contributed by atoms with Crippen LogP contribution in [0.25, 0.3) is 0 Å². The summed E-state index contributed by atoms with van der Waals surface area (Å²) in [6.07, 6.45) is 7.00. The third-order valence-electron chi connectivity index (χ3n) is 3.37. The van der Waals surface area contributed by atoms with Gasteiger partial charge < -0.3 is 9.84 Å². The Morgan fingerprint density at radius 2 is 2.12 bits per heavy atom. The number of carbonyl (C=O) groups is 1. The van der Waals surface area contributed by atoms with Crippen LogP contribution in [0.2, 0.25) is 0 Å². The maximum atomic E-state index is 10.4. The highest BCUT2D eigenvalue weighted by Gasteiger charge is 2.27. The summed E-state index contributed by atoms with van der Waals surface area (Å²) < 4.78 is 5.74. The van der Waals surface area contributed by atoms with E-state index >= 15 is 0 Å². The van der Waals surface area contributed by atoms with E-state index in [1.807, 2.05) is 0 Å². The van der Waals surface area contributed by atoms with Crippen molar-refractivity contribution < 1.29 is 14.6 Å². The zero-order valence-electron chi connectivity index (χ0n) is 9.52. The van der Waals surface area contributed by atoms with Crippen LogP contribution in [0.4, 0.5) is 0 Å². The predicted molar refractivity (Wildman–Crippen MR) is 60.6 cm³/mol. The molecule has 1 heterocycles. The number of ether oxygens (including phenoxy) is 1. The Labute approximate surface area is 95.7 Å². The molecule has 90 valence electrons. The van der Waals surface area contributed by atoms with Gasteiger partial charge in [-0.05, 0) is 19.3 Å². The molecule has 0 radical (unpaired) electrons. The first-order valence-corrected chi connectivity index (χ1v) is 6.18. The Balaban J connectivity index is 1.75. The Hall–Kier alpha value is -1.06. The summed E-state index contributed by atoms with van der Waals surface area (Å²) in [5.41, 5.74) is 0. The lowest BCUT2D eigenvalue weighted by Crippen LogP contribution is -2.21. The van der Waals surface area contributed by atoms with Crippen molar-refractivity contribution in [3.8, 4) is 0 Å². The molecule has 0 saturated heterocycles. The van der Waals surface area contributed by atoms with Crippen molar-refractivity contribution in [2.75, 3.05) is 6.54 Å². The van der Waals surface area contributed by atoms with Crippen molar-refractivity contribution in [1.29, 1.82) is 0 Å². The molecule has 2 aliphatic rings. The molecule has 1 saturated carbocycles. The van der Waals surface area contributed by atoms with Crippen LogP contribution in [0.15, 0.2) is 4.99 Å². The lowest BCUT2D eigenvalue weighted by atomic mass is 9.89. The van der Waals surface area contributed by atoms with Crippen LogP contribution in [0, 0.1) is 5.92 Å². The number of carboxylic acid groups (broad SMARTS) is 1. The fraction of sp³-hybridized carbons (Fsp3) is 0.833. The van der Waals surface area contributed by atoms with Crippen LogP contribution in [0.1, 0.15) is 44.9 Å². The van der Waals surface area contributed by atoms with Gasteiger partial charge in [0.1, 0.15) is 6.10 Å². The molecule has 0 spiro atoms. The van der Waals surface area contributed by atoms with Crippen molar-refractivity contribution >= 4 is 11.9 Å². The molecule has 0 aromatic rings. The van der Waals surface area contributed by atoms with Gasteiger partial charge in [-0.3, -0.25) is 9.79 Å². The van der Waals surface area contributed by atoms with Gasteiger partial charge in [0, 0.05) is 12.3 Å². The van der Waals surface area contributed by atoms with Crippen molar-refractivity contribution in [2.24, 2.45) is 10.9 Å². The van der Waals surface area contributed by atoms with Gasteiger partial charge in [-0.2, -0.15) is 0 Å². The minimum atomic E-state index is -0.755. The number of aliphatic imine (C=N–C) groups is 1. The van der Waals surface area contributed by atoms with Crippen LogP contribution in [-0.4, -0.2) is 29.6 Å². The molecule has 4 heteroatoms. The van der Waals surface area contributed by atoms with Crippen LogP contribution in [0.5, 0.6) is 0 Å². The molecule has 4 nitrogen and oxygen atoms in total. The molecule has 1 unspecified atom stereocenters. The fourth-order valence-corrected chi connectivity index (χ4v) is 2.45. The molecule has 0 aromatic heterocycles. The quantitative estimate of drug-likeness (QED) is 0.798. The minimum Gasteiger partial charge on any atom is -0.481 e. The third kappa shape index (κ3) is 2.97. The lowest BCUT2D eigenvalue weighted by Gasteiger charge is -2.22. The lowest BCUT2D eigenvalue weighted by molar-refractivity contribution is -0.137. The third-order valence-corrected chi connectivity index (χ3v) is 3.37. The summed E-state index contributed by atoms with van der Waals surface area (Å²) in [5.74, 6) is 0.647. The molecule has 1 atom stereocenters. The summed E-state index contributed by atoms with van der Waals surface area (Å²) in [4.78, 5) is 14.9. The van der Waals surface area contributed by atoms with Crippen molar-refractivity contribution in [3.05, 3.63) is 0 Å². The van der Waals surface area contributed by atoms with Crippen LogP contribution >= 0.6 is 0 Å². The van der Waals surface area contributed by atoms with Gasteiger partial charge in [-0.25, -0.2) is 0 Å². The topological polar surface area (TPSA) is 58.9 Å². The smallest absolute Gasteiger partial charge is 0.303 e. The van der Waals surface area contributed by atoms with Crippen LogP contribution in [0.3, 0.4) is 0 Å². The van der Waals surface area contributed by atoms with Gasteiger partial charge >= 0.3 is 5.97 Å². The summed E-state index contributed by atoms with van der Waals surface area (Å²) >= 11 is 0. The first kappa shape index (κ1) is 11.4. The Kier molecular flexibility index (Phi) is 3.80. The van der Waals surface area contributed by atoms with E-state index in [2.05, 4.69) is 4.99 Å². The van der Waals surface area contributed by atoms with Crippen molar-refractivity contribution in [2.45, 2.75) is 51.0 Å². The molecule has 1 N–H and O–H groups in total. The number of nitrogens with zero attached hydrogens (tertiary/aromatic N) is 1. The second kappa shape index (κ2) is 5.32. The van der Waals surface area contributed by atoms with Gasteiger partial charge in [0.25, 0.3) is 0 Å². The van der Waals surface area contributed by atoms with E-state index in [4.69, 9.17) is 9.84 Å². The van der Waals surface area contributed by atoms with Gasteiger partial charge in [0.15, 0.2) is 5.90 Å². The summed E-state index contributed by atoms with van der Waals surface area (Å²) in [5, 5.41) is 8.60. The Morgan fingerprint density at radius 1 is 1.38 bits per heavy atom. The largest absolute Gasteiger partial charge is 0.481 e. The first-order chi connectivity index (χ1) is 7.75. The van der Waals surface area contributed by atoms with Crippen molar-refractivity contribution in [3.63, 3.8) is 0 Å². The zero-order valence-corrected chi connectivity index (χ0v) is 9.52. The normalized spacial score (nSPS) is 26.2. The predicted octanol–water partition coefficient (Wildman–Crippen LogP) is 2.23. The number of carboxylic acids is 1. The second-order valence-electron chi connectivity index (χ2n) is 4.69. The number of hydrogen-bond acceptors (Lipinski definition) is 3. The monoisotopic (exact) mass is 225 g/mol. The minimum absolute atomic E-state index is 0.00743. The Morgan fingerprint density at radius 3 is 2.81 bits per heavy atom. The van der Waals surface area contributed by atoms with E-state index in [0.29, 0.717) is 18.9 Å². The zero-order chi connectivity index (χ0) is 11.4. The molecule has 1 fully saturated rings. The van der Waals surface area contributed by atoms with Crippen LogP contribution in [-0.2, 0) is 9.53 Å². The maximum absolute atomic E-state index is 10.4. The molecule has 0 bridgehead atoms. The molecule has 16 heavy (non-hydrogen) atoms. The van der Waals surface area contributed by atoms with E-state index in [9.17, 15) is 4.79 Å². The molecule has 0 aromatic carbocycles. The average molecular weight is 225 g/mol. The first-order valence-electron chi connectivity index (χ1n) is 6.18. The number of aliphatic carboxylic acids is 1. The van der Waals surface area contributed by atoms with Gasteiger partial charge in [-0.1, -0.05) is 19.3 Å². The number of hydrogen-bond donors (Lipinski definition) is 1. The Bertz CT molecular complexity index is 282. The standard InChI is InChI=1S/C12H19NO3/c14-11(15)7-6-10-8-13-12(16-10)9-4-2-1-3-5-9/h9-10H,1-8H2,(H,14,15). The SMILES string of the molecule is O=C(O)CCC1CN=C(C2CCCCC2)O1. The highest BCUT2D eigenvalue weighted by molar-refractivity contribution is 5.80. The van der Waals surface area contributed by atoms with E-state index in [0.717, 1.165) is 5.90 Å². The van der Waals surface area contributed by atoms with Gasteiger partial charge in [-0.15, -0.1) is 0 Å². The van der Waals surface area contributed by atoms with Gasteiger partial charge in [0.05, 0.1) is 6.54 Å². The number of rotatable bonds is 4. The highest BCUT2D eigenvalue weighted by Crippen LogP contribution is 2.28. The van der Waals surface area contributed by atoms with E-state index < -0.39 is 5.97 Å². The molecular formula is C12H19NO3. The second-order valence-corrected chi connectivity index (χ2v) is 4.69. The fourth-order valence-electron chi connectivity index (χ4n) is 2.45. The molecular weight excluding hydrogens is 206 g/mol. The van der Waals surface area contributed by atoms with Crippen molar-refractivity contribution in [1.82, 2.24) is 0 Å². The van der Waals surface area contributed by atoms with Gasteiger partial charge in [0.2, 0.25) is 0 Å². The molecule has 2 rings (SSSR count). The average Bonchev–Trinajstić information content (AvgIpc) is 2.76. The summed E-state index contributed by atoms with van der Waals surface area (Å²) in [6, 6.07) is 0. The highest BCUT2D eigenvalue weighted by atomic mass is 16.5. The van der Waals surface area contributed by atoms with E-state index in [1.54, 1.807) is 0 Å². The van der Waals surface area contributed by atoms with E-state index in [1.165, 1.54) is 32.1 Å². The summed E-state index contributed by atoms with van der Waals surface area (Å²) in [7, 11) is 0.